The van der Waals surface area contributed by atoms with E-state index in [1.807, 2.05) is 0 Å². The fraction of sp³-hybridized carbons (Fsp3) is 0.250. The Balaban J connectivity index is 3.39. The first-order valence-electron chi connectivity index (χ1n) is 4.00. The molecular weight excluding hydrogens is 239 g/mol. The Morgan fingerprint density at radius 1 is 1.07 bits per heavy atom. The zero-order chi connectivity index (χ0) is 11.8. The van der Waals surface area contributed by atoms with Crippen LogP contribution in [0, 0.1) is 0 Å². The summed E-state index contributed by atoms with van der Waals surface area (Å²) in [4.78, 5) is -1.97. The van der Waals surface area contributed by atoms with Crippen LogP contribution in [0.1, 0.15) is 6.92 Å². The highest BCUT2D eigenvalue weighted by Crippen LogP contribution is 3.03. The molecule has 1 rings (SSSR count). The molecule has 0 heterocycles. The van der Waals surface area contributed by atoms with Crippen LogP contribution in [0.25, 0.3) is 0 Å². The second kappa shape index (κ2) is 2.78. The lowest BCUT2D eigenvalue weighted by Gasteiger charge is -2.41. The van der Waals surface area contributed by atoms with Crippen molar-refractivity contribution in [3.05, 3.63) is 24.3 Å². The summed E-state index contributed by atoms with van der Waals surface area (Å²) >= 11 is 0. The third-order valence-corrected chi connectivity index (χ3v) is 2.73. The Labute approximate surface area is 83.6 Å². The van der Waals surface area contributed by atoms with E-state index in [-0.39, 0.29) is 6.61 Å². The zero-order valence-corrected chi connectivity index (χ0v) is 8.54. The van der Waals surface area contributed by atoms with Crippen LogP contribution >= 0.6 is 10.2 Å². The van der Waals surface area contributed by atoms with Gasteiger partial charge in [0.25, 0.3) is 0 Å². The van der Waals surface area contributed by atoms with Crippen molar-refractivity contribution in [3.63, 3.8) is 0 Å². The van der Waals surface area contributed by atoms with Gasteiger partial charge >= 0.3 is 10.2 Å². The minimum Gasteiger partial charge on any atom is -0.492 e. The van der Waals surface area contributed by atoms with Crippen molar-refractivity contribution < 1.29 is 24.2 Å². The lowest BCUT2D eigenvalue weighted by atomic mass is 10.3. The van der Waals surface area contributed by atoms with Gasteiger partial charge in [-0.3, -0.25) is 0 Å². The molecule has 7 heteroatoms. The Hall–Kier alpha value is -0.980. The molecule has 0 aliphatic rings. The Kier molecular flexibility index (Phi) is 2.24. The fourth-order valence-corrected chi connectivity index (χ4v) is 1.89. The lowest BCUT2D eigenvalue weighted by molar-refractivity contribution is 0.312. The van der Waals surface area contributed by atoms with Crippen molar-refractivity contribution in [2.45, 2.75) is 11.8 Å². The number of rotatable bonds is 3. The fourth-order valence-electron chi connectivity index (χ4n) is 1.04. The van der Waals surface area contributed by atoms with E-state index in [4.69, 9.17) is 0 Å². The molecule has 0 aliphatic heterocycles. The van der Waals surface area contributed by atoms with Crippen LogP contribution in [0.5, 0.6) is 5.75 Å². The number of hydrogen-bond donors (Lipinski definition) is 0. The molecule has 0 N–H and O–H groups in total. The van der Waals surface area contributed by atoms with Crippen molar-refractivity contribution in [3.8, 4) is 5.75 Å². The molecule has 0 fully saturated rings. The number of para-hydroxylation sites is 1. The summed E-state index contributed by atoms with van der Waals surface area (Å²) < 4.78 is 66.8. The number of halogens is 5. The Morgan fingerprint density at radius 2 is 1.60 bits per heavy atom. The predicted molar refractivity (Wildman–Crippen MR) is 49.0 cm³/mol. The average molecular weight is 248 g/mol. The second-order valence-corrected chi connectivity index (χ2v) is 5.23. The summed E-state index contributed by atoms with van der Waals surface area (Å²) in [6, 6.07) is 3.30. The van der Waals surface area contributed by atoms with Gasteiger partial charge in [0, 0.05) is 0 Å². The normalized spacial score (nSPS) is 16.7. The van der Waals surface area contributed by atoms with Crippen LogP contribution in [-0.4, -0.2) is 6.61 Å². The summed E-state index contributed by atoms with van der Waals surface area (Å²) in [5.74, 6) is -0.834. The van der Waals surface area contributed by atoms with Gasteiger partial charge in [-0.25, -0.2) is 0 Å². The molecule has 0 atom stereocenters. The van der Waals surface area contributed by atoms with Crippen LogP contribution in [0.15, 0.2) is 29.2 Å². The second-order valence-electron chi connectivity index (χ2n) is 2.85. The molecular formula is C8H9F5OS. The maximum absolute atomic E-state index is 12.5. The van der Waals surface area contributed by atoms with Gasteiger partial charge in [0.15, 0.2) is 0 Å². The minimum atomic E-state index is -9.64. The molecule has 88 valence electrons. The van der Waals surface area contributed by atoms with Crippen molar-refractivity contribution >= 4 is 10.2 Å². The summed E-state index contributed by atoms with van der Waals surface area (Å²) in [6.45, 7) is 1.31. The van der Waals surface area contributed by atoms with Gasteiger partial charge in [-0.2, -0.15) is 0 Å². The zero-order valence-electron chi connectivity index (χ0n) is 7.72. The highest BCUT2D eigenvalue weighted by molar-refractivity contribution is 8.45. The Bertz CT molecular complexity index is 371. The average Bonchev–Trinajstić information content (AvgIpc) is 2.01. The topological polar surface area (TPSA) is 9.23 Å². The molecule has 15 heavy (non-hydrogen) atoms. The van der Waals surface area contributed by atoms with Crippen LogP contribution in [0.2, 0.25) is 0 Å². The van der Waals surface area contributed by atoms with E-state index in [2.05, 4.69) is 4.74 Å². The van der Waals surface area contributed by atoms with Crippen molar-refractivity contribution in [2.24, 2.45) is 0 Å². The van der Waals surface area contributed by atoms with Crippen molar-refractivity contribution in [2.75, 3.05) is 6.61 Å². The van der Waals surface area contributed by atoms with Gasteiger partial charge in [0.2, 0.25) is 0 Å². The molecule has 0 radical (unpaired) electrons. The first kappa shape index (κ1) is 12.1. The number of benzene rings is 1. The quantitative estimate of drug-likeness (QED) is 0.702. The van der Waals surface area contributed by atoms with Gasteiger partial charge < -0.3 is 4.74 Å². The standard InChI is InChI=1S/C8H9F5OS/c1-2-14-7-5-3-4-6-8(7)15(9,10,11,12)13/h3-6H,2H2,1H3. The van der Waals surface area contributed by atoms with Gasteiger partial charge in [-0.15, -0.1) is 0 Å². The molecule has 0 spiro atoms. The molecule has 0 saturated heterocycles. The number of ether oxygens (including phenoxy) is 1. The molecule has 0 amide bonds. The molecule has 0 aliphatic carbocycles. The van der Waals surface area contributed by atoms with E-state index in [1.165, 1.54) is 13.0 Å². The molecule has 1 nitrogen and oxygen atoms in total. The third kappa shape index (κ3) is 2.98. The van der Waals surface area contributed by atoms with Crippen LogP contribution in [-0.2, 0) is 0 Å². The highest BCUT2D eigenvalue weighted by atomic mass is 32.5. The van der Waals surface area contributed by atoms with Gasteiger partial charge in [0.1, 0.15) is 10.6 Å². The lowest BCUT2D eigenvalue weighted by Crippen LogP contribution is -2.08. The molecule has 1 aromatic carbocycles. The molecule has 1 aromatic rings. The summed E-state index contributed by atoms with van der Waals surface area (Å²) in [5.41, 5.74) is 0. The first-order chi connectivity index (χ1) is 6.54. The van der Waals surface area contributed by atoms with E-state index >= 15 is 0 Å². The largest absolute Gasteiger partial charge is 0.492 e. The van der Waals surface area contributed by atoms with E-state index < -0.39 is 20.9 Å². The maximum atomic E-state index is 12.5. The summed E-state index contributed by atoms with van der Waals surface area (Å²) in [6.07, 6.45) is 0. The predicted octanol–water partition coefficient (Wildman–Crippen LogP) is 4.74. The monoisotopic (exact) mass is 248 g/mol. The van der Waals surface area contributed by atoms with E-state index in [0.717, 1.165) is 12.1 Å². The SMILES string of the molecule is CCOc1ccccc1S(F)(F)(F)(F)F. The van der Waals surface area contributed by atoms with Gasteiger partial charge in [0.05, 0.1) is 6.61 Å². The van der Waals surface area contributed by atoms with E-state index in [1.54, 1.807) is 0 Å². The van der Waals surface area contributed by atoms with Crippen molar-refractivity contribution in [1.82, 2.24) is 0 Å². The van der Waals surface area contributed by atoms with Crippen LogP contribution < -0.4 is 4.74 Å². The van der Waals surface area contributed by atoms with E-state index in [0.29, 0.717) is 6.07 Å². The van der Waals surface area contributed by atoms with E-state index in [9.17, 15) is 19.4 Å². The summed E-state index contributed by atoms with van der Waals surface area (Å²) in [5, 5.41) is 0. The van der Waals surface area contributed by atoms with Crippen LogP contribution in [0.4, 0.5) is 19.4 Å². The molecule has 0 aromatic heterocycles. The first-order valence-corrected chi connectivity index (χ1v) is 5.95. The van der Waals surface area contributed by atoms with Crippen molar-refractivity contribution in [1.29, 1.82) is 0 Å². The third-order valence-electron chi connectivity index (χ3n) is 1.56. The molecule has 0 unspecified atom stereocenters. The van der Waals surface area contributed by atoms with Crippen LogP contribution in [0.3, 0.4) is 0 Å². The molecule has 0 bridgehead atoms. The smallest absolute Gasteiger partial charge is 0.313 e. The molecule has 0 saturated carbocycles. The number of hydrogen-bond acceptors (Lipinski definition) is 1. The highest BCUT2D eigenvalue weighted by Gasteiger charge is 2.67. The maximum Gasteiger partial charge on any atom is 0.313 e. The van der Waals surface area contributed by atoms with Gasteiger partial charge in [-0.05, 0) is 19.1 Å². The van der Waals surface area contributed by atoms with Gasteiger partial charge in [-0.1, -0.05) is 31.6 Å². The minimum absolute atomic E-state index is 0.106. The summed E-state index contributed by atoms with van der Waals surface area (Å²) in [7, 11) is -9.64. The Morgan fingerprint density at radius 3 is 2.07 bits per heavy atom.